The lowest BCUT2D eigenvalue weighted by molar-refractivity contribution is 0.0746. The molecule has 6 nitrogen and oxygen atoms in total. The minimum absolute atomic E-state index is 0.0135. The lowest BCUT2D eigenvalue weighted by Gasteiger charge is -2.35. The number of benzene rings is 1. The molecule has 1 aliphatic carbocycles. The van der Waals surface area contributed by atoms with Crippen molar-refractivity contribution < 1.29 is 4.79 Å². The Kier molecular flexibility index (Phi) is 5.03. The van der Waals surface area contributed by atoms with Crippen LogP contribution in [0.5, 0.6) is 0 Å². The molecule has 8 heteroatoms. The number of anilines is 1. The molecule has 3 aromatic rings. The number of halogens is 1. The third-order valence-corrected chi connectivity index (χ3v) is 7.51. The third kappa shape index (κ3) is 3.30. The maximum atomic E-state index is 13.1. The van der Waals surface area contributed by atoms with E-state index in [1.165, 1.54) is 16.9 Å². The molecule has 2 aliphatic rings. The van der Waals surface area contributed by atoms with Crippen LogP contribution in [0.4, 0.5) is 5.95 Å². The highest BCUT2D eigenvalue weighted by atomic mass is 35.5. The van der Waals surface area contributed by atoms with Crippen LogP contribution in [0.3, 0.4) is 0 Å². The van der Waals surface area contributed by atoms with E-state index in [4.69, 9.17) is 16.6 Å². The quantitative estimate of drug-likeness (QED) is 0.609. The second-order valence-corrected chi connectivity index (χ2v) is 9.48. The summed E-state index contributed by atoms with van der Waals surface area (Å²) in [5.41, 5.74) is 1.87. The highest BCUT2D eigenvalue weighted by Gasteiger charge is 2.27. The van der Waals surface area contributed by atoms with Crippen LogP contribution in [0, 0.1) is 0 Å². The zero-order valence-corrected chi connectivity index (χ0v) is 18.4. The summed E-state index contributed by atoms with van der Waals surface area (Å²) < 4.78 is 1.68. The Morgan fingerprint density at radius 1 is 1.13 bits per heavy atom. The van der Waals surface area contributed by atoms with Gasteiger partial charge in [-0.2, -0.15) is 0 Å². The number of aryl methyl sites for hydroxylation is 2. The van der Waals surface area contributed by atoms with E-state index in [0.29, 0.717) is 42.7 Å². The first-order chi connectivity index (χ1) is 14.5. The van der Waals surface area contributed by atoms with Gasteiger partial charge in [-0.25, -0.2) is 4.98 Å². The first kappa shape index (κ1) is 19.6. The Bertz CT molecular complexity index is 1190. The lowest BCUT2D eigenvalue weighted by atomic mass is 9.97. The number of piperazine rings is 1. The highest BCUT2D eigenvalue weighted by molar-refractivity contribution is 7.18. The van der Waals surface area contributed by atoms with Crippen molar-refractivity contribution in [2.45, 2.75) is 25.7 Å². The summed E-state index contributed by atoms with van der Waals surface area (Å²) in [7, 11) is 1.81. The van der Waals surface area contributed by atoms with Crippen molar-refractivity contribution in [3.8, 4) is 0 Å². The predicted octanol–water partition coefficient (Wildman–Crippen LogP) is 3.49. The number of thiophene rings is 1. The fourth-order valence-corrected chi connectivity index (χ4v) is 5.91. The lowest BCUT2D eigenvalue weighted by Crippen LogP contribution is -2.50. The molecule has 0 unspecified atom stereocenters. The summed E-state index contributed by atoms with van der Waals surface area (Å²) in [6.45, 7) is 2.45. The van der Waals surface area contributed by atoms with Gasteiger partial charge in [0.25, 0.3) is 11.5 Å². The van der Waals surface area contributed by atoms with Crippen molar-refractivity contribution in [1.29, 1.82) is 0 Å². The molecule has 1 saturated heterocycles. The van der Waals surface area contributed by atoms with E-state index in [9.17, 15) is 9.59 Å². The van der Waals surface area contributed by atoms with Gasteiger partial charge < -0.3 is 9.80 Å². The number of fused-ring (bicyclic) bond motifs is 3. The van der Waals surface area contributed by atoms with Crippen LogP contribution in [-0.2, 0) is 19.9 Å². The summed E-state index contributed by atoms with van der Waals surface area (Å²) in [6.07, 6.45) is 4.37. The molecule has 1 fully saturated rings. The zero-order valence-electron chi connectivity index (χ0n) is 16.9. The SMILES string of the molecule is Cn1c(N2CCN(C(=O)c3cccc(Cl)c3)CC2)nc2sc3c(c2c1=O)CCCC3. The number of hydrogen-bond donors (Lipinski definition) is 0. The summed E-state index contributed by atoms with van der Waals surface area (Å²) in [5, 5.41) is 1.38. The number of amides is 1. The van der Waals surface area contributed by atoms with Crippen LogP contribution in [0.15, 0.2) is 29.1 Å². The van der Waals surface area contributed by atoms with Gasteiger partial charge in [0, 0.05) is 48.7 Å². The fraction of sp³-hybridized carbons (Fsp3) is 0.409. The molecule has 3 heterocycles. The van der Waals surface area contributed by atoms with Crippen molar-refractivity contribution in [2.75, 3.05) is 31.1 Å². The Hall–Kier alpha value is -2.38. The molecule has 0 bridgehead atoms. The minimum Gasteiger partial charge on any atom is -0.339 e. The van der Waals surface area contributed by atoms with E-state index >= 15 is 0 Å². The minimum atomic E-state index is -0.0135. The van der Waals surface area contributed by atoms with Crippen molar-refractivity contribution in [3.63, 3.8) is 0 Å². The van der Waals surface area contributed by atoms with Gasteiger partial charge in [-0.15, -0.1) is 11.3 Å². The summed E-state index contributed by atoms with van der Waals surface area (Å²) in [4.78, 5) is 36.9. The Labute approximate surface area is 183 Å². The van der Waals surface area contributed by atoms with Crippen LogP contribution >= 0.6 is 22.9 Å². The number of carbonyl (C=O) groups excluding carboxylic acids is 1. The number of rotatable bonds is 2. The number of nitrogens with zero attached hydrogens (tertiary/aromatic N) is 4. The van der Waals surface area contributed by atoms with Crippen molar-refractivity contribution in [2.24, 2.45) is 7.05 Å². The number of aromatic nitrogens is 2. The molecule has 1 aliphatic heterocycles. The molecule has 156 valence electrons. The van der Waals surface area contributed by atoms with E-state index in [1.807, 2.05) is 4.90 Å². The number of carbonyl (C=O) groups is 1. The van der Waals surface area contributed by atoms with Gasteiger partial charge in [-0.1, -0.05) is 17.7 Å². The Morgan fingerprint density at radius 2 is 1.90 bits per heavy atom. The molecule has 1 amide bonds. The average Bonchev–Trinajstić information content (AvgIpc) is 3.14. The first-order valence-corrected chi connectivity index (χ1v) is 11.5. The maximum Gasteiger partial charge on any atom is 0.263 e. The smallest absolute Gasteiger partial charge is 0.263 e. The van der Waals surface area contributed by atoms with E-state index < -0.39 is 0 Å². The molecule has 0 radical (unpaired) electrons. The van der Waals surface area contributed by atoms with Gasteiger partial charge in [0.1, 0.15) is 4.83 Å². The van der Waals surface area contributed by atoms with Gasteiger partial charge in [0.2, 0.25) is 5.95 Å². The van der Waals surface area contributed by atoms with Gasteiger partial charge in [-0.3, -0.25) is 14.2 Å². The Morgan fingerprint density at radius 3 is 2.67 bits per heavy atom. The van der Waals surface area contributed by atoms with Crippen LogP contribution in [-0.4, -0.2) is 46.5 Å². The second-order valence-electron chi connectivity index (χ2n) is 7.96. The van der Waals surface area contributed by atoms with E-state index in [-0.39, 0.29) is 11.5 Å². The highest BCUT2D eigenvalue weighted by Crippen LogP contribution is 2.34. The molecule has 0 saturated carbocycles. The topological polar surface area (TPSA) is 58.4 Å². The first-order valence-electron chi connectivity index (χ1n) is 10.3. The Balaban J connectivity index is 1.39. The van der Waals surface area contributed by atoms with Crippen molar-refractivity contribution in [1.82, 2.24) is 14.5 Å². The molecule has 0 N–H and O–H groups in total. The summed E-state index contributed by atoms with van der Waals surface area (Å²) >= 11 is 7.71. The summed E-state index contributed by atoms with van der Waals surface area (Å²) in [6, 6.07) is 7.05. The van der Waals surface area contributed by atoms with Crippen LogP contribution in [0.1, 0.15) is 33.6 Å². The second kappa shape index (κ2) is 7.71. The molecular formula is C22H23ClN4O2S. The van der Waals surface area contributed by atoms with Gasteiger partial charge >= 0.3 is 0 Å². The largest absolute Gasteiger partial charge is 0.339 e. The molecule has 5 rings (SSSR count). The molecule has 2 aromatic heterocycles. The maximum absolute atomic E-state index is 13.1. The molecule has 30 heavy (non-hydrogen) atoms. The molecule has 0 atom stereocenters. The van der Waals surface area contributed by atoms with Gasteiger partial charge in [-0.05, 0) is 49.4 Å². The normalized spacial score (nSPS) is 16.7. The molecular weight excluding hydrogens is 420 g/mol. The average molecular weight is 443 g/mol. The van der Waals surface area contributed by atoms with Crippen molar-refractivity contribution >= 4 is 45.0 Å². The van der Waals surface area contributed by atoms with E-state index in [1.54, 1.807) is 47.2 Å². The fourth-order valence-electron chi connectivity index (χ4n) is 4.47. The monoisotopic (exact) mass is 442 g/mol. The van der Waals surface area contributed by atoms with Crippen molar-refractivity contribution in [3.05, 3.63) is 55.6 Å². The van der Waals surface area contributed by atoms with Gasteiger partial charge in [0.05, 0.1) is 5.39 Å². The standard InChI is InChI=1S/C22H23ClN4O2S/c1-25-21(29)18-16-7-2-3-8-17(16)30-19(18)24-22(25)27-11-9-26(10-12-27)20(28)14-5-4-6-15(23)13-14/h4-6,13H,2-3,7-12H2,1H3. The van der Waals surface area contributed by atoms with Crippen LogP contribution < -0.4 is 10.5 Å². The van der Waals surface area contributed by atoms with Gasteiger partial charge in [0.15, 0.2) is 0 Å². The summed E-state index contributed by atoms with van der Waals surface area (Å²) in [5.74, 6) is 0.682. The van der Waals surface area contributed by atoms with Crippen LogP contribution in [0.25, 0.3) is 10.2 Å². The number of hydrogen-bond acceptors (Lipinski definition) is 5. The predicted molar refractivity (Wildman–Crippen MR) is 121 cm³/mol. The van der Waals surface area contributed by atoms with E-state index in [2.05, 4.69) is 4.90 Å². The van der Waals surface area contributed by atoms with E-state index in [0.717, 1.165) is 29.5 Å². The molecule has 0 spiro atoms. The third-order valence-electron chi connectivity index (χ3n) is 6.09. The zero-order chi connectivity index (χ0) is 20.8. The molecule has 1 aromatic carbocycles. The van der Waals surface area contributed by atoms with Crippen LogP contribution in [0.2, 0.25) is 5.02 Å².